The molecule has 4 aromatic rings. The van der Waals surface area contributed by atoms with Gasteiger partial charge in [0.15, 0.2) is 0 Å². The molecule has 278 valence electrons. The minimum atomic E-state index is -5.08. The number of alkyl halides is 6. The van der Waals surface area contributed by atoms with Crippen LogP contribution in [0.2, 0.25) is 0 Å². The largest absolute Gasteiger partial charge is 0.497 e. The number of rotatable bonds is 9. The van der Waals surface area contributed by atoms with Crippen molar-refractivity contribution >= 4 is 28.7 Å². The number of hydrogen-bond donors (Lipinski definition) is 3. The summed E-state index contributed by atoms with van der Waals surface area (Å²) in [7, 11) is 5.85. The van der Waals surface area contributed by atoms with Gasteiger partial charge in [0.05, 0.1) is 18.9 Å². The van der Waals surface area contributed by atoms with Gasteiger partial charge in [-0.2, -0.15) is 31.4 Å². The first-order valence-corrected chi connectivity index (χ1v) is 15.4. The molecule has 1 aliphatic heterocycles. The molecule has 1 aliphatic rings. The van der Waals surface area contributed by atoms with E-state index < -0.39 is 24.3 Å². The summed E-state index contributed by atoms with van der Waals surface area (Å²) < 4.78 is 70.9. The molecule has 18 heteroatoms. The van der Waals surface area contributed by atoms with Gasteiger partial charge < -0.3 is 34.2 Å². The number of aryl methyl sites for hydroxylation is 1. The van der Waals surface area contributed by atoms with E-state index in [1.54, 1.807) is 7.11 Å². The zero-order valence-corrected chi connectivity index (χ0v) is 28.0. The number of benzene rings is 2. The molecule has 3 heterocycles. The fourth-order valence-corrected chi connectivity index (χ4v) is 5.11. The van der Waals surface area contributed by atoms with Crippen molar-refractivity contribution in [3.8, 4) is 16.9 Å². The van der Waals surface area contributed by atoms with Crippen molar-refractivity contribution in [1.82, 2.24) is 29.5 Å². The van der Waals surface area contributed by atoms with Gasteiger partial charge >= 0.3 is 24.3 Å². The number of nitrogens with zero attached hydrogens (tertiary/aromatic N) is 5. The van der Waals surface area contributed by atoms with E-state index in [1.807, 2.05) is 53.3 Å². The highest BCUT2D eigenvalue weighted by Gasteiger charge is 2.39. The van der Waals surface area contributed by atoms with Crippen LogP contribution >= 0.6 is 0 Å². The number of H-pyrrole nitrogens is 1. The number of nitrogens with one attached hydrogen (secondary N) is 1. The second-order valence-corrected chi connectivity index (χ2v) is 11.6. The van der Waals surface area contributed by atoms with Crippen molar-refractivity contribution in [3.05, 3.63) is 72.2 Å². The van der Waals surface area contributed by atoms with Crippen molar-refractivity contribution in [2.45, 2.75) is 25.3 Å². The Hall–Kier alpha value is -5.10. The summed E-state index contributed by atoms with van der Waals surface area (Å²) in [6, 6.07) is 14.2. The first-order chi connectivity index (χ1) is 23.9. The van der Waals surface area contributed by atoms with Crippen LogP contribution in [0.1, 0.15) is 22.3 Å². The zero-order chi connectivity index (χ0) is 37.9. The molecule has 0 atom stereocenters. The van der Waals surface area contributed by atoms with Crippen LogP contribution in [0.15, 0.2) is 61.1 Å². The molecule has 0 bridgehead atoms. The normalized spacial score (nSPS) is 13.8. The number of methoxy groups -OCH3 is 1. The van der Waals surface area contributed by atoms with Gasteiger partial charge in [0.1, 0.15) is 5.75 Å². The maximum absolute atomic E-state index is 14.0. The summed E-state index contributed by atoms with van der Waals surface area (Å²) in [5, 5.41) is 22.2. The number of carboxylic acids is 2. The Morgan fingerprint density at radius 3 is 2.10 bits per heavy atom. The first-order valence-electron chi connectivity index (χ1n) is 15.4. The maximum atomic E-state index is 14.0. The van der Waals surface area contributed by atoms with Gasteiger partial charge in [-0.25, -0.2) is 9.59 Å². The van der Waals surface area contributed by atoms with Crippen LogP contribution in [0.4, 0.5) is 26.3 Å². The zero-order valence-electron chi connectivity index (χ0n) is 28.0. The molecule has 1 saturated heterocycles. The van der Waals surface area contributed by atoms with Crippen molar-refractivity contribution in [3.63, 3.8) is 0 Å². The molecule has 5 rings (SSSR count). The van der Waals surface area contributed by atoms with Crippen LogP contribution in [-0.2, 0) is 23.2 Å². The topological polar surface area (TPSA) is 144 Å². The number of carbonyl (C=O) groups is 3. The van der Waals surface area contributed by atoms with E-state index in [0.717, 1.165) is 78.1 Å². The first kappa shape index (κ1) is 40.3. The van der Waals surface area contributed by atoms with E-state index in [4.69, 9.17) is 24.5 Å². The number of carboxylic acid groups (broad SMARTS) is 2. The van der Waals surface area contributed by atoms with E-state index in [1.165, 1.54) is 0 Å². The monoisotopic (exact) mass is 728 g/mol. The Balaban J connectivity index is 0.000000424. The Morgan fingerprint density at radius 1 is 0.922 bits per heavy atom. The summed E-state index contributed by atoms with van der Waals surface area (Å²) in [6.07, 6.45) is -3.57. The standard InChI is InChI=1S/C29H36N6O2.2C2HF3O2/c1-32-12-14-34(15-13-32)10-5-11-35(20-22-6-4-7-25(16-22)37-3)29(36)27-21-33(2)28-17-23(8-9-26(27)28)24-18-30-31-19-24;2*3-2(4,5)1(6)7/h4,6-9,16-19,21H,5,10-15,20H2,1-3H3,(H,30,31);2*(H,6,7). The lowest BCUT2D eigenvalue weighted by Crippen LogP contribution is -2.45. The third kappa shape index (κ3) is 12.0. The van der Waals surface area contributed by atoms with Crippen LogP contribution in [0.25, 0.3) is 22.0 Å². The summed E-state index contributed by atoms with van der Waals surface area (Å²) >= 11 is 0. The minimum absolute atomic E-state index is 0.0582. The summed E-state index contributed by atoms with van der Waals surface area (Å²) in [4.78, 5) is 38.7. The number of halogens is 6. The Kier molecular flexibility index (Phi) is 14.0. The third-order valence-corrected chi connectivity index (χ3v) is 7.83. The molecule has 2 aromatic heterocycles. The number of aromatic nitrogens is 3. The van der Waals surface area contributed by atoms with Crippen LogP contribution in [0.3, 0.4) is 0 Å². The maximum Gasteiger partial charge on any atom is 0.490 e. The SMILES string of the molecule is COc1cccc(CN(CCCN2CCN(C)CC2)C(=O)c2cn(C)c3cc(-c4cn[nH]c4)ccc23)c1.O=C(O)C(F)(F)F.O=C(O)C(F)(F)F. The minimum Gasteiger partial charge on any atom is -0.497 e. The van der Waals surface area contributed by atoms with Crippen molar-refractivity contribution in [2.24, 2.45) is 7.05 Å². The molecule has 12 nitrogen and oxygen atoms in total. The lowest BCUT2D eigenvalue weighted by atomic mass is 10.1. The molecule has 3 N–H and O–H groups in total. The van der Waals surface area contributed by atoms with Crippen LogP contribution < -0.4 is 4.74 Å². The molecule has 1 amide bonds. The van der Waals surface area contributed by atoms with E-state index in [9.17, 15) is 31.1 Å². The van der Waals surface area contributed by atoms with Crippen LogP contribution in [-0.4, -0.2) is 123 Å². The number of fused-ring (bicyclic) bond motifs is 1. The third-order valence-electron chi connectivity index (χ3n) is 7.83. The number of carbonyl (C=O) groups excluding carboxylic acids is 1. The average Bonchev–Trinajstić information content (AvgIpc) is 3.73. The van der Waals surface area contributed by atoms with Gasteiger partial charge in [-0.15, -0.1) is 0 Å². The molecule has 0 aliphatic carbocycles. The molecule has 0 radical (unpaired) electrons. The van der Waals surface area contributed by atoms with E-state index in [0.29, 0.717) is 13.1 Å². The van der Waals surface area contributed by atoms with Crippen molar-refractivity contribution < 1.29 is 55.7 Å². The Bertz CT molecular complexity index is 1730. The van der Waals surface area contributed by atoms with Gasteiger partial charge in [0.2, 0.25) is 0 Å². The van der Waals surface area contributed by atoms with Gasteiger partial charge in [-0.1, -0.05) is 24.3 Å². The molecular formula is C33H38F6N6O6. The highest BCUT2D eigenvalue weighted by atomic mass is 19.4. The fraction of sp³-hybridized carbons (Fsp3) is 0.394. The highest BCUT2D eigenvalue weighted by molar-refractivity contribution is 6.07. The summed E-state index contributed by atoms with van der Waals surface area (Å²) in [5.74, 6) is -4.65. The van der Waals surface area contributed by atoms with Gasteiger partial charge in [-0.05, 0) is 49.3 Å². The second-order valence-electron chi connectivity index (χ2n) is 11.6. The quantitative estimate of drug-likeness (QED) is 0.200. The number of hydrogen-bond acceptors (Lipinski definition) is 7. The molecule has 2 aromatic carbocycles. The second kappa shape index (κ2) is 17.7. The number of likely N-dealkylation sites (N-methyl/N-ethyl adjacent to an activating group) is 1. The average molecular weight is 729 g/mol. The lowest BCUT2D eigenvalue weighted by molar-refractivity contribution is -0.193. The van der Waals surface area contributed by atoms with Crippen molar-refractivity contribution in [1.29, 1.82) is 0 Å². The summed E-state index contributed by atoms with van der Waals surface area (Å²) in [6.45, 7) is 6.62. The lowest BCUT2D eigenvalue weighted by Gasteiger charge is -2.33. The van der Waals surface area contributed by atoms with Crippen molar-refractivity contribution in [2.75, 3.05) is 53.4 Å². The highest BCUT2D eigenvalue weighted by Crippen LogP contribution is 2.28. The molecule has 0 unspecified atom stereocenters. The number of ether oxygens (including phenoxy) is 1. The predicted octanol–water partition coefficient (Wildman–Crippen LogP) is 5.12. The smallest absolute Gasteiger partial charge is 0.490 e. The number of piperazine rings is 1. The van der Waals surface area contributed by atoms with Gasteiger partial charge in [0, 0.05) is 75.2 Å². The molecule has 1 fully saturated rings. The Labute approximate surface area is 288 Å². The number of aliphatic carboxylic acids is 2. The molecule has 51 heavy (non-hydrogen) atoms. The van der Waals surface area contributed by atoms with E-state index in [2.05, 4.69) is 51.3 Å². The Morgan fingerprint density at radius 2 is 1.55 bits per heavy atom. The predicted molar refractivity (Wildman–Crippen MR) is 174 cm³/mol. The molecule has 0 spiro atoms. The number of amides is 1. The molecular weight excluding hydrogens is 690 g/mol. The number of aromatic amines is 1. The summed E-state index contributed by atoms with van der Waals surface area (Å²) in [5.41, 5.74) is 4.93. The van der Waals surface area contributed by atoms with E-state index >= 15 is 0 Å². The van der Waals surface area contributed by atoms with Crippen LogP contribution in [0, 0.1) is 0 Å². The van der Waals surface area contributed by atoms with Crippen LogP contribution in [0.5, 0.6) is 5.75 Å². The van der Waals surface area contributed by atoms with Gasteiger partial charge in [-0.3, -0.25) is 9.89 Å². The molecule has 0 saturated carbocycles. The van der Waals surface area contributed by atoms with Gasteiger partial charge in [0.25, 0.3) is 5.91 Å². The fourth-order valence-electron chi connectivity index (χ4n) is 5.11. The van der Waals surface area contributed by atoms with E-state index in [-0.39, 0.29) is 5.91 Å².